The predicted octanol–water partition coefficient (Wildman–Crippen LogP) is 1.62. The molecule has 0 aliphatic rings. The second-order valence-corrected chi connectivity index (χ2v) is 5.69. The molecule has 2 aromatic rings. The summed E-state index contributed by atoms with van der Waals surface area (Å²) in [7, 11) is 0. The molecule has 0 saturated heterocycles. The Morgan fingerprint density at radius 2 is 1.50 bits per heavy atom. The van der Waals surface area contributed by atoms with Crippen molar-refractivity contribution in [2.75, 3.05) is 13.2 Å². The quantitative estimate of drug-likeness (QED) is 0.640. The number of hydrogen-bond donors (Lipinski definition) is 3. The van der Waals surface area contributed by atoms with Gasteiger partial charge in [-0.25, -0.2) is 0 Å². The molecule has 24 heavy (non-hydrogen) atoms. The minimum Gasteiger partial charge on any atom is -0.454 e. The van der Waals surface area contributed by atoms with Crippen LogP contribution in [0.15, 0.2) is 60.7 Å². The van der Waals surface area contributed by atoms with Gasteiger partial charge in [-0.3, -0.25) is 4.79 Å². The van der Waals surface area contributed by atoms with Crippen LogP contribution in [0, 0.1) is 0 Å². The average molecular weight is 330 g/mol. The third kappa shape index (κ3) is 4.64. The van der Waals surface area contributed by atoms with Gasteiger partial charge in [0.05, 0.1) is 13.2 Å². The molecule has 0 spiro atoms. The van der Waals surface area contributed by atoms with Crippen LogP contribution in [-0.2, 0) is 16.0 Å². The van der Waals surface area contributed by atoms with Gasteiger partial charge >= 0.3 is 5.97 Å². The minimum absolute atomic E-state index is 0.139. The maximum absolute atomic E-state index is 12.2. The summed E-state index contributed by atoms with van der Waals surface area (Å²) < 4.78 is 5.40. The molecular weight excluding hydrogens is 308 g/mol. The van der Waals surface area contributed by atoms with E-state index >= 15 is 0 Å². The van der Waals surface area contributed by atoms with Crippen LogP contribution in [-0.4, -0.2) is 40.1 Å². The molecule has 2 aromatic carbocycles. The molecule has 0 amide bonds. The number of aryl methyl sites for hydroxylation is 1. The highest BCUT2D eigenvalue weighted by atomic mass is 16.6. The first-order valence-corrected chi connectivity index (χ1v) is 7.81. The van der Waals surface area contributed by atoms with Gasteiger partial charge in [0.15, 0.2) is 11.7 Å². The lowest BCUT2D eigenvalue weighted by Gasteiger charge is -2.32. The second-order valence-electron chi connectivity index (χ2n) is 5.69. The summed E-state index contributed by atoms with van der Waals surface area (Å²) in [5.74, 6) is -0.506. The lowest BCUT2D eigenvalue weighted by Crippen LogP contribution is -2.45. The number of ether oxygens (including phenoxy) is 1. The number of aliphatic hydroxyl groups excluding tert-OH is 2. The van der Waals surface area contributed by atoms with Crippen molar-refractivity contribution < 1.29 is 24.9 Å². The molecule has 0 heterocycles. The molecule has 3 N–H and O–H groups in total. The van der Waals surface area contributed by atoms with Crippen molar-refractivity contribution in [1.29, 1.82) is 0 Å². The number of rotatable bonds is 8. The van der Waals surface area contributed by atoms with Crippen LogP contribution in [0.3, 0.4) is 0 Å². The van der Waals surface area contributed by atoms with E-state index in [0.29, 0.717) is 12.0 Å². The molecular formula is C19H22O5. The molecule has 0 aromatic heterocycles. The summed E-state index contributed by atoms with van der Waals surface area (Å²) in [5.41, 5.74) is -0.425. The Kier molecular flexibility index (Phi) is 6.49. The van der Waals surface area contributed by atoms with Crippen LogP contribution in [0.5, 0.6) is 0 Å². The zero-order valence-corrected chi connectivity index (χ0v) is 13.3. The standard InChI is InChI=1S/C19H22O5/c20-13-19(23,14-21)18(16-9-5-2-6-10-16)24-17(22)12-11-15-7-3-1-4-8-15/h1-10,18,20-21,23H,11-14H2. The van der Waals surface area contributed by atoms with Crippen molar-refractivity contribution in [2.24, 2.45) is 0 Å². The van der Waals surface area contributed by atoms with Gasteiger partial charge in [-0.2, -0.15) is 0 Å². The van der Waals surface area contributed by atoms with E-state index < -0.39 is 30.9 Å². The van der Waals surface area contributed by atoms with Gasteiger partial charge in [-0.1, -0.05) is 60.7 Å². The molecule has 0 aliphatic heterocycles. The van der Waals surface area contributed by atoms with Crippen LogP contribution < -0.4 is 0 Å². The Bertz CT molecular complexity index is 623. The molecule has 0 bridgehead atoms. The van der Waals surface area contributed by atoms with Crippen molar-refractivity contribution in [1.82, 2.24) is 0 Å². The largest absolute Gasteiger partial charge is 0.454 e. The third-order valence-corrected chi connectivity index (χ3v) is 3.85. The Hall–Kier alpha value is -2.21. The lowest BCUT2D eigenvalue weighted by atomic mass is 9.92. The third-order valence-electron chi connectivity index (χ3n) is 3.85. The van der Waals surface area contributed by atoms with Crippen molar-refractivity contribution in [3.05, 3.63) is 71.8 Å². The fraction of sp³-hybridized carbons (Fsp3) is 0.316. The zero-order valence-electron chi connectivity index (χ0n) is 13.3. The summed E-state index contributed by atoms with van der Waals surface area (Å²) in [5, 5.41) is 29.3. The van der Waals surface area contributed by atoms with Crippen LogP contribution >= 0.6 is 0 Å². The van der Waals surface area contributed by atoms with Crippen LogP contribution in [0.2, 0.25) is 0 Å². The first-order valence-electron chi connectivity index (χ1n) is 7.81. The molecule has 2 rings (SSSR count). The van der Waals surface area contributed by atoms with Crippen molar-refractivity contribution in [3.63, 3.8) is 0 Å². The highest BCUT2D eigenvalue weighted by Gasteiger charge is 2.39. The topological polar surface area (TPSA) is 87.0 Å². The molecule has 0 saturated carbocycles. The molecule has 1 atom stereocenters. The van der Waals surface area contributed by atoms with E-state index in [1.54, 1.807) is 30.3 Å². The van der Waals surface area contributed by atoms with Gasteiger partial charge in [-0.05, 0) is 17.5 Å². The highest BCUT2D eigenvalue weighted by molar-refractivity contribution is 5.70. The van der Waals surface area contributed by atoms with Crippen LogP contribution in [0.1, 0.15) is 23.7 Å². The molecule has 1 unspecified atom stereocenters. The number of esters is 1. The van der Waals surface area contributed by atoms with E-state index in [4.69, 9.17) is 4.74 Å². The number of hydrogen-bond acceptors (Lipinski definition) is 5. The summed E-state index contributed by atoms with van der Waals surface area (Å²) in [6.45, 7) is -1.45. The number of aliphatic hydroxyl groups is 3. The number of benzene rings is 2. The molecule has 0 fully saturated rings. The van der Waals surface area contributed by atoms with E-state index in [1.165, 1.54) is 0 Å². The molecule has 128 valence electrons. The van der Waals surface area contributed by atoms with Gasteiger partial charge in [0.1, 0.15) is 0 Å². The first-order chi connectivity index (χ1) is 11.6. The van der Waals surface area contributed by atoms with Crippen LogP contribution in [0.4, 0.5) is 0 Å². The summed E-state index contributed by atoms with van der Waals surface area (Å²) in [6.07, 6.45) is -0.491. The van der Waals surface area contributed by atoms with Gasteiger partial charge in [0, 0.05) is 6.42 Å². The van der Waals surface area contributed by atoms with E-state index in [9.17, 15) is 20.1 Å². The van der Waals surface area contributed by atoms with E-state index in [0.717, 1.165) is 5.56 Å². The van der Waals surface area contributed by atoms with Crippen molar-refractivity contribution in [3.8, 4) is 0 Å². The fourth-order valence-electron chi connectivity index (χ4n) is 2.41. The predicted molar refractivity (Wildman–Crippen MR) is 89.2 cm³/mol. The van der Waals surface area contributed by atoms with E-state index in [-0.39, 0.29) is 6.42 Å². The summed E-state index contributed by atoms with van der Waals surface area (Å²) in [6, 6.07) is 18.1. The number of carbonyl (C=O) groups excluding carboxylic acids is 1. The second kappa shape index (κ2) is 8.59. The van der Waals surface area contributed by atoms with Gasteiger partial charge < -0.3 is 20.1 Å². The Morgan fingerprint density at radius 3 is 2.04 bits per heavy atom. The first kappa shape index (κ1) is 18.1. The molecule has 5 nitrogen and oxygen atoms in total. The summed E-state index contributed by atoms with van der Waals surface area (Å²) in [4.78, 5) is 12.2. The number of carbonyl (C=O) groups is 1. The maximum atomic E-state index is 12.2. The molecule has 0 radical (unpaired) electrons. The maximum Gasteiger partial charge on any atom is 0.306 e. The Labute approximate surface area is 141 Å². The fourth-order valence-corrected chi connectivity index (χ4v) is 2.41. The molecule has 5 heteroatoms. The van der Waals surface area contributed by atoms with Gasteiger partial charge in [0.25, 0.3) is 0 Å². The smallest absolute Gasteiger partial charge is 0.306 e. The van der Waals surface area contributed by atoms with Crippen molar-refractivity contribution >= 4 is 5.97 Å². The highest BCUT2D eigenvalue weighted by Crippen LogP contribution is 2.30. The monoisotopic (exact) mass is 330 g/mol. The van der Waals surface area contributed by atoms with Gasteiger partial charge in [0.2, 0.25) is 0 Å². The average Bonchev–Trinajstić information content (AvgIpc) is 2.65. The SMILES string of the molecule is O=C(CCc1ccccc1)OC(c1ccccc1)C(O)(CO)CO. The zero-order chi connectivity index (χ0) is 17.4. The van der Waals surface area contributed by atoms with Crippen LogP contribution in [0.25, 0.3) is 0 Å². The van der Waals surface area contributed by atoms with E-state index in [2.05, 4.69) is 0 Å². The molecule has 0 aliphatic carbocycles. The summed E-state index contributed by atoms with van der Waals surface area (Å²) >= 11 is 0. The minimum atomic E-state index is -1.94. The Balaban J connectivity index is 2.09. The normalized spacial score (nSPS) is 12.6. The lowest BCUT2D eigenvalue weighted by molar-refractivity contribution is -0.179. The van der Waals surface area contributed by atoms with Crippen molar-refractivity contribution in [2.45, 2.75) is 24.5 Å². The Morgan fingerprint density at radius 1 is 0.958 bits per heavy atom. The van der Waals surface area contributed by atoms with E-state index in [1.807, 2.05) is 30.3 Å². The van der Waals surface area contributed by atoms with Gasteiger partial charge in [-0.15, -0.1) is 0 Å².